The topological polar surface area (TPSA) is 92.3 Å². The number of nitrogens with zero attached hydrogens (tertiary/aromatic N) is 1. The van der Waals surface area contributed by atoms with Crippen molar-refractivity contribution in [3.63, 3.8) is 0 Å². The number of carbonyl (C=O) groups excluding carboxylic acids is 2. The Bertz CT molecular complexity index is 797. The first-order chi connectivity index (χ1) is 12.0. The van der Waals surface area contributed by atoms with Gasteiger partial charge in [0, 0.05) is 11.8 Å². The fourth-order valence-electron chi connectivity index (χ4n) is 2.01. The highest BCUT2D eigenvalue weighted by atomic mass is 16.5. The molecule has 0 aliphatic rings. The second kappa shape index (κ2) is 8.50. The van der Waals surface area contributed by atoms with Crippen LogP contribution in [-0.4, -0.2) is 18.5 Å². The van der Waals surface area contributed by atoms with Gasteiger partial charge in [-0.1, -0.05) is 26.0 Å². The Morgan fingerprint density at radius 2 is 2.00 bits per heavy atom. The minimum absolute atomic E-state index is 0.246. The summed E-state index contributed by atoms with van der Waals surface area (Å²) in [6, 6.07) is 12.4. The molecule has 128 valence electrons. The molecule has 1 aromatic carbocycles. The van der Waals surface area contributed by atoms with Gasteiger partial charge in [0.25, 0.3) is 5.91 Å². The molecule has 0 saturated heterocycles. The first-order valence-corrected chi connectivity index (χ1v) is 7.72. The molecule has 0 radical (unpaired) electrons. The third-order valence-electron chi connectivity index (χ3n) is 3.37. The van der Waals surface area contributed by atoms with Gasteiger partial charge in [-0.2, -0.15) is 5.26 Å². The zero-order valence-corrected chi connectivity index (χ0v) is 14.0. The molecule has 6 nitrogen and oxygen atoms in total. The van der Waals surface area contributed by atoms with Gasteiger partial charge in [0.15, 0.2) is 6.61 Å². The van der Waals surface area contributed by atoms with E-state index in [0.717, 1.165) is 5.56 Å². The van der Waals surface area contributed by atoms with E-state index in [1.807, 2.05) is 12.1 Å². The summed E-state index contributed by atoms with van der Waals surface area (Å²) >= 11 is 0. The summed E-state index contributed by atoms with van der Waals surface area (Å²) in [4.78, 5) is 23.7. The van der Waals surface area contributed by atoms with Crippen LogP contribution in [0, 0.1) is 11.3 Å². The lowest BCUT2D eigenvalue weighted by Crippen LogP contribution is -2.21. The van der Waals surface area contributed by atoms with Crippen LogP contribution in [0.5, 0.6) is 0 Å². The molecule has 0 aliphatic carbocycles. The van der Waals surface area contributed by atoms with Crippen LogP contribution < -0.4 is 5.32 Å². The predicted molar refractivity (Wildman–Crippen MR) is 92.4 cm³/mol. The Morgan fingerprint density at radius 1 is 1.28 bits per heavy atom. The summed E-state index contributed by atoms with van der Waals surface area (Å²) in [5.41, 5.74) is 1.52. The maximum absolute atomic E-state index is 11.9. The van der Waals surface area contributed by atoms with E-state index in [1.54, 1.807) is 30.3 Å². The molecule has 1 heterocycles. The van der Waals surface area contributed by atoms with Crippen molar-refractivity contribution in [3.8, 4) is 6.07 Å². The molecule has 25 heavy (non-hydrogen) atoms. The predicted octanol–water partition coefficient (Wildman–Crippen LogP) is 3.49. The van der Waals surface area contributed by atoms with Gasteiger partial charge in [-0.3, -0.25) is 4.79 Å². The number of amides is 1. The van der Waals surface area contributed by atoms with Gasteiger partial charge >= 0.3 is 5.97 Å². The second-order valence-corrected chi connectivity index (χ2v) is 5.59. The maximum atomic E-state index is 11.9. The number of benzene rings is 1. The quantitative estimate of drug-likeness (QED) is 0.494. The second-order valence-electron chi connectivity index (χ2n) is 5.59. The average Bonchev–Trinajstić information content (AvgIpc) is 3.11. The Labute approximate surface area is 145 Å². The van der Waals surface area contributed by atoms with Crippen LogP contribution in [0.25, 0.3) is 6.08 Å². The number of esters is 1. The standard InChI is InChI=1S/C19H18N2O4/c1-13(2)14-5-7-16(8-6-14)21-18(22)12-25-19(23)15(11-20)10-17-4-3-9-24-17/h3-10,13H,12H2,1-2H3,(H,21,22)/b15-10+. The molecule has 1 amide bonds. The van der Waals surface area contributed by atoms with Gasteiger partial charge < -0.3 is 14.5 Å². The zero-order valence-electron chi connectivity index (χ0n) is 14.0. The monoisotopic (exact) mass is 338 g/mol. The largest absolute Gasteiger partial charge is 0.465 e. The number of anilines is 1. The lowest BCUT2D eigenvalue weighted by molar-refractivity contribution is -0.142. The lowest BCUT2D eigenvalue weighted by atomic mass is 10.0. The van der Waals surface area contributed by atoms with E-state index in [9.17, 15) is 9.59 Å². The summed E-state index contributed by atoms with van der Waals surface area (Å²) < 4.78 is 9.89. The van der Waals surface area contributed by atoms with Crippen molar-refractivity contribution in [1.82, 2.24) is 0 Å². The lowest BCUT2D eigenvalue weighted by Gasteiger charge is -2.08. The van der Waals surface area contributed by atoms with Crippen LogP contribution in [0.2, 0.25) is 0 Å². The fourth-order valence-corrected chi connectivity index (χ4v) is 2.01. The Balaban J connectivity index is 1.88. The molecule has 0 fully saturated rings. The van der Waals surface area contributed by atoms with E-state index in [4.69, 9.17) is 14.4 Å². The summed E-state index contributed by atoms with van der Waals surface area (Å²) in [5, 5.41) is 11.6. The van der Waals surface area contributed by atoms with Crippen molar-refractivity contribution < 1.29 is 18.7 Å². The van der Waals surface area contributed by atoms with E-state index in [-0.39, 0.29) is 5.57 Å². The van der Waals surface area contributed by atoms with Crippen molar-refractivity contribution in [3.05, 3.63) is 59.6 Å². The first kappa shape index (κ1) is 18.0. The maximum Gasteiger partial charge on any atom is 0.349 e. The van der Waals surface area contributed by atoms with Gasteiger partial charge in [-0.15, -0.1) is 0 Å². The molecule has 0 bridgehead atoms. The van der Waals surface area contributed by atoms with E-state index >= 15 is 0 Å². The molecule has 0 unspecified atom stereocenters. The molecule has 1 N–H and O–H groups in total. The third kappa shape index (κ3) is 5.36. The minimum Gasteiger partial charge on any atom is -0.465 e. The van der Waals surface area contributed by atoms with E-state index in [2.05, 4.69) is 19.2 Å². The molecular formula is C19H18N2O4. The minimum atomic E-state index is -0.885. The van der Waals surface area contributed by atoms with Crippen molar-refractivity contribution in [2.24, 2.45) is 0 Å². The number of furan rings is 1. The number of hydrogen-bond acceptors (Lipinski definition) is 5. The highest BCUT2D eigenvalue weighted by molar-refractivity contribution is 5.99. The van der Waals surface area contributed by atoms with Crippen LogP contribution in [0.4, 0.5) is 5.69 Å². The number of rotatable bonds is 6. The van der Waals surface area contributed by atoms with Crippen molar-refractivity contribution in [1.29, 1.82) is 5.26 Å². The highest BCUT2D eigenvalue weighted by Gasteiger charge is 2.14. The first-order valence-electron chi connectivity index (χ1n) is 7.72. The van der Waals surface area contributed by atoms with Gasteiger partial charge in [-0.25, -0.2) is 4.79 Å². The molecule has 2 aromatic rings. The van der Waals surface area contributed by atoms with Gasteiger partial charge in [0.1, 0.15) is 17.4 Å². The third-order valence-corrected chi connectivity index (χ3v) is 3.37. The number of hydrogen-bond donors (Lipinski definition) is 1. The molecule has 0 atom stereocenters. The number of carbonyl (C=O) groups is 2. The molecule has 2 rings (SSSR count). The summed E-state index contributed by atoms with van der Waals surface area (Å²) in [6.45, 7) is 3.67. The van der Waals surface area contributed by atoms with E-state index < -0.39 is 18.5 Å². The van der Waals surface area contributed by atoms with Crippen molar-refractivity contribution in [2.45, 2.75) is 19.8 Å². The Hall–Kier alpha value is -3.33. The van der Waals surface area contributed by atoms with Crippen LogP contribution >= 0.6 is 0 Å². The number of ether oxygens (including phenoxy) is 1. The average molecular weight is 338 g/mol. The number of nitrogens with one attached hydrogen (secondary N) is 1. The SMILES string of the molecule is CC(C)c1ccc(NC(=O)COC(=O)/C(C#N)=C/c2ccco2)cc1. The zero-order chi connectivity index (χ0) is 18.2. The molecule has 6 heteroatoms. The highest BCUT2D eigenvalue weighted by Crippen LogP contribution is 2.17. The molecule has 0 aliphatic heterocycles. The smallest absolute Gasteiger partial charge is 0.349 e. The Kier molecular flexibility index (Phi) is 6.13. The van der Waals surface area contributed by atoms with Crippen LogP contribution in [-0.2, 0) is 14.3 Å². The molecular weight excluding hydrogens is 320 g/mol. The van der Waals surface area contributed by atoms with E-state index in [1.165, 1.54) is 12.3 Å². The van der Waals surface area contributed by atoms with Crippen LogP contribution in [0.1, 0.15) is 31.1 Å². The molecule has 1 aromatic heterocycles. The van der Waals surface area contributed by atoms with Crippen molar-refractivity contribution >= 4 is 23.6 Å². The van der Waals surface area contributed by atoms with E-state index in [0.29, 0.717) is 17.4 Å². The van der Waals surface area contributed by atoms with Crippen molar-refractivity contribution in [2.75, 3.05) is 11.9 Å². The molecule has 0 spiro atoms. The normalized spacial score (nSPS) is 11.0. The van der Waals surface area contributed by atoms with Crippen LogP contribution in [0.15, 0.2) is 52.7 Å². The van der Waals surface area contributed by atoms with Gasteiger partial charge in [-0.05, 0) is 35.7 Å². The van der Waals surface area contributed by atoms with Crippen LogP contribution in [0.3, 0.4) is 0 Å². The summed E-state index contributed by atoms with van der Waals surface area (Å²) in [5.74, 6) is -0.621. The van der Waals surface area contributed by atoms with Gasteiger partial charge in [0.05, 0.1) is 6.26 Å². The molecule has 0 saturated carbocycles. The van der Waals surface area contributed by atoms with Gasteiger partial charge in [0.2, 0.25) is 0 Å². The summed E-state index contributed by atoms with van der Waals surface area (Å²) in [7, 11) is 0. The fraction of sp³-hybridized carbons (Fsp3) is 0.211. The Morgan fingerprint density at radius 3 is 2.56 bits per heavy atom. The summed E-state index contributed by atoms with van der Waals surface area (Å²) in [6.07, 6.45) is 2.68. The number of nitriles is 1.